The van der Waals surface area contributed by atoms with Crippen molar-refractivity contribution in [2.75, 3.05) is 59.5 Å². The zero-order valence-electron chi connectivity index (χ0n) is 57.5. The van der Waals surface area contributed by atoms with Crippen molar-refractivity contribution in [1.82, 2.24) is 21.3 Å². The Morgan fingerprint density at radius 1 is 0.421 bits per heavy atom. The topological polar surface area (TPSA) is 768 Å². The Morgan fingerprint density at radius 3 is 1.35 bits per heavy atom. The van der Waals surface area contributed by atoms with Crippen molar-refractivity contribution in [3.8, 4) is 0 Å². The van der Waals surface area contributed by atoms with Gasteiger partial charge < -0.3 is 215 Å². The number of hydrogen-bond acceptors (Lipinski definition) is 43. The van der Waals surface area contributed by atoms with Crippen molar-refractivity contribution in [3.63, 3.8) is 0 Å². The summed E-state index contributed by atoms with van der Waals surface area (Å²) in [6.45, 7) is -6.50. The molecule has 29 N–H and O–H groups in total. The van der Waals surface area contributed by atoms with E-state index in [4.69, 9.17) is 66.3 Å². The molecule has 7 rings (SSSR count). The van der Waals surface area contributed by atoms with Crippen molar-refractivity contribution in [1.29, 1.82) is 0 Å². The van der Waals surface area contributed by atoms with Crippen LogP contribution in [0.4, 0.5) is 0 Å². The number of ether oxygens (including phenoxy) is 14. The molecule has 7 unspecified atom stereocenters. The van der Waals surface area contributed by atoms with E-state index in [1.54, 1.807) is 0 Å². The largest absolute Gasteiger partial charge is 0.477 e. The summed E-state index contributed by atoms with van der Waals surface area (Å²) in [6.07, 6.45) is -77.6. The van der Waals surface area contributed by atoms with Gasteiger partial charge in [0.15, 0.2) is 37.7 Å². The molecular formula is C59H100N4O44. The van der Waals surface area contributed by atoms with E-state index in [1.165, 1.54) is 0 Å². The van der Waals surface area contributed by atoms with Gasteiger partial charge in [-0.05, 0) is 0 Å². The highest BCUT2D eigenvalue weighted by Crippen LogP contribution is 2.41. The number of hydrogen-bond donors (Lipinski definition) is 29. The summed E-state index contributed by atoms with van der Waals surface area (Å²) in [6, 6.07) is -7.36. The number of carbonyl (C=O) groups is 5. The molecule has 48 nitrogen and oxygen atoms in total. The maximum Gasteiger partial charge on any atom is 0.364 e. The number of nitrogens with one attached hydrogen (secondary N) is 4. The van der Waals surface area contributed by atoms with E-state index in [-0.39, 0.29) is 0 Å². The summed E-state index contributed by atoms with van der Waals surface area (Å²) in [5, 5.41) is 284. The molecule has 620 valence electrons. The predicted octanol–water partition coefficient (Wildman–Crippen LogP) is -19.0. The molecule has 0 radical (unpaired) electrons. The molecule has 0 aromatic heterocycles. The van der Waals surface area contributed by atoms with Crippen LogP contribution < -0.4 is 21.3 Å². The summed E-state index contributed by atoms with van der Waals surface area (Å²) in [5.74, 6) is -9.08. The summed E-state index contributed by atoms with van der Waals surface area (Å²) >= 11 is 0. The molecule has 7 fully saturated rings. The third-order valence-corrected chi connectivity index (χ3v) is 18.9. The normalized spacial score (nSPS) is 43.8. The first-order chi connectivity index (χ1) is 50.4. The van der Waals surface area contributed by atoms with Gasteiger partial charge in [0.05, 0.1) is 77.6 Å². The fraction of sp³-hybridized carbons (Fsp3) is 0.915. The van der Waals surface area contributed by atoms with Gasteiger partial charge in [0.2, 0.25) is 23.6 Å². The van der Waals surface area contributed by atoms with Crippen LogP contribution in [-0.2, 0) is 90.3 Å². The van der Waals surface area contributed by atoms with Crippen LogP contribution in [0.3, 0.4) is 0 Å². The lowest BCUT2D eigenvalue weighted by Gasteiger charge is -2.51. The summed E-state index contributed by atoms with van der Waals surface area (Å²) in [5.41, 5.74) is 0. The minimum absolute atomic E-state index is 0.797. The minimum Gasteiger partial charge on any atom is -0.477 e. The third kappa shape index (κ3) is 20.6. The summed E-state index contributed by atoms with van der Waals surface area (Å²) < 4.78 is 82.0. The van der Waals surface area contributed by atoms with Gasteiger partial charge in [0.1, 0.15) is 183 Å². The summed E-state index contributed by atoms with van der Waals surface area (Å²) in [7, 11) is 0. The van der Waals surface area contributed by atoms with Gasteiger partial charge >= 0.3 is 5.97 Å². The van der Waals surface area contributed by atoms with Gasteiger partial charge in [-0.2, -0.15) is 0 Å². The second kappa shape index (κ2) is 39.5. The first-order valence-electron chi connectivity index (χ1n) is 33.7. The average Bonchev–Trinajstić information content (AvgIpc) is 0.762. The fourth-order valence-electron chi connectivity index (χ4n) is 13.3. The predicted molar refractivity (Wildman–Crippen MR) is 330 cm³/mol. The molecule has 7 aliphatic heterocycles. The van der Waals surface area contributed by atoms with Crippen molar-refractivity contribution in [2.45, 2.75) is 279 Å². The summed E-state index contributed by atoms with van der Waals surface area (Å²) in [4.78, 5) is 63.2. The Morgan fingerprint density at radius 2 is 0.850 bits per heavy atom. The smallest absolute Gasteiger partial charge is 0.364 e. The van der Waals surface area contributed by atoms with E-state index in [2.05, 4.69) is 21.3 Å². The van der Waals surface area contributed by atoms with Gasteiger partial charge in [0, 0.05) is 34.1 Å². The van der Waals surface area contributed by atoms with Crippen molar-refractivity contribution in [2.24, 2.45) is 0 Å². The molecule has 0 aliphatic carbocycles. The van der Waals surface area contributed by atoms with E-state index < -0.39 is 340 Å². The molecule has 0 saturated carbocycles. The third-order valence-electron chi connectivity index (χ3n) is 18.9. The SMILES string of the molecule is CC(=O)N[C@H]1[C@H]([C@H](O)[C@H](O)CO)OC(O[C@H]2[C@@H](O)[C@@H](CO)OC(O[C@H]3[C@H](O)[C@@H](NC(C)=O)C(O[C@@H]4C(O[C@H]5[C@H](O)[C@@H](COC6O[C@H](CO)[C@@H](O)[C@H](O)[C@@H]6O)OC(O[C@H]6[C@H](O)[C@@H](NC(C)=O)C(O[C@@H]([C@H](O)[C@H](CO)NC(C)=O)[C@H](O)CO)O[C@@H]6CO)[C@H]5O)O[C@H](CO)[C@@H](O)[C@@H]4O)O[C@@H]3CO)[C@@H]2O)(C(=O)O)C[C@@H]1O. The van der Waals surface area contributed by atoms with Gasteiger partial charge in [-0.25, -0.2) is 4.79 Å². The van der Waals surface area contributed by atoms with Crippen LogP contribution in [0, 0.1) is 0 Å². The molecular weight excluding hydrogens is 1470 g/mol. The van der Waals surface area contributed by atoms with Gasteiger partial charge in [-0.15, -0.1) is 0 Å². The standard InChI is InChI=1S/C59H100N4O44/c1-15(72)60-19(6-64)32(79)45(22(78)8-66)101-52-30(62-17(3)74)38(85)46(26(12-70)98-52)102-55-43(90)49(37(84)28(100-55)14-94-54-42(89)40(87)34(81)23(9-67)95-54)104-57-51(41(88)35(82)24(10-68)97-57)105-53-31(63-18(4)75)39(86)47(27(13-71)99-53)103-56-44(91)50(36(83)25(11-69)96-56)107-59(58(92)93)5-20(76)29(61-16(2)73)48(106-59)33(80)21(77)7-65/h19-57,64-71,76-91H,5-14H2,1-4H3,(H,60,72)(H,61,73)(H,62,74)(H,63,75)(H,92,93)/t19-,20-,21+,22+,23+,24+,25+,26+,27+,28+,29+,30+,31+,32+,33+,34+,35+,36-,37+,38+,39+,40-,41-,42-,43-,44+,45+,46+,47+,48+,49-,50-,51-,52?,53?,54?,55?,56?,57?,59?/m0/s1. The Balaban J connectivity index is 1.20. The number of aliphatic hydroxyl groups is 24. The van der Waals surface area contributed by atoms with Crippen LogP contribution in [0.1, 0.15) is 34.1 Å². The van der Waals surface area contributed by atoms with Crippen LogP contribution in [-0.4, -0.2) is 461 Å². The van der Waals surface area contributed by atoms with Crippen LogP contribution >= 0.6 is 0 Å². The number of carboxylic acid groups (broad SMARTS) is 1. The van der Waals surface area contributed by atoms with Gasteiger partial charge in [0.25, 0.3) is 5.79 Å². The Labute approximate surface area is 605 Å². The number of aliphatic hydroxyl groups excluding tert-OH is 24. The average molecular weight is 1570 g/mol. The lowest BCUT2D eigenvalue weighted by molar-refractivity contribution is -0.399. The Kier molecular flexibility index (Phi) is 33.3. The second-order valence-corrected chi connectivity index (χ2v) is 26.5. The molecule has 40 atom stereocenters. The fourth-order valence-corrected chi connectivity index (χ4v) is 13.3. The van der Waals surface area contributed by atoms with E-state index in [9.17, 15) is 152 Å². The first kappa shape index (κ1) is 90.0. The highest BCUT2D eigenvalue weighted by Gasteiger charge is 2.62. The molecule has 107 heavy (non-hydrogen) atoms. The highest BCUT2D eigenvalue weighted by atomic mass is 16.8. The van der Waals surface area contributed by atoms with Gasteiger partial charge in [-0.3, -0.25) is 19.2 Å². The Hall–Kier alpha value is -4.17. The quantitative estimate of drug-likeness (QED) is 0.0290. The zero-order chi connectivity index (χ0) is 79.7. The number of carbonyl (C=O) groups excluding carboxylic acids is 4. The molecule has 0 aromatic carbocycles. The number of rotatable bonds is 33. The van der Waals surface area contributed by atoms with E-state index in [0.717, 1.165) is 27.7 Å². The van der Waals surface area contributed by atoms with Crippen LogP contribution in [0.2, 0.25) is 0 Å². The van der Waals surface area contributed by atoms with Gasteiger partial charge in [-0.1, -0.05) is 0 Å². The van der Waals surface area contributed by atoms with Crippen LogP contribution in [0.5, 0.6) is 0 Å². The molecule has 0 aromatic rings. The molecule has 7 aliphatic rings. The maximum absolute atomic E-state index is 13.2. The lowest BCUT2D eigenvalue weighted by Crippen LogP contribution is -2.71. The molecule has 7 saturated heterocycles. The Bertz CT molecular complexity index is 2820. The highest BCUT2D eigenvalue weighted by molar-refractivity contribution is 5.77. The minimum atomic E-state index is -3.28. The van der Waals surface area contributed by atoms with E-state index in [0.29, 0.717) is 0 Å². The lowest BCUT2D eigenvalue weighted by atomic mass is 9.88. The molecule has 0 bridgehead atoms. The molecule has 4 amide bonds. The zero-order valence-corrected chi connectivity index (χ0v) is 57.5. The second-order valence-electron chi connectivity index (χ2n) is 26.5. The first-order valence-corrected chi connectivity index (χ1v) is 33.7. The van der Waals surface area contributed by atoms with E-state index in [1.807, 2.05) is 0 Å². The maximum atomic E-state index is 13.2. The van der Waals surface area contributed by atoms with Crippen molar-refractivity contribution in [3.05, 3.63) is 0 Å². The number of amides is 4. The molecule has 48 heteroatoms. The van der Waals surface area contributed by atoms with Crippen molar-refractivity contribution >= 4 is 29.6 Å². The number of carboxylic acids is 1. The van der Waals surface area contributed by atoms with Crippen molar-refractivity contribution < 1.29 is 218 Å². The molecule has 7 heterocycles. The van der Waals surface area contributed by atoms with Crippen LogP contribution in [0.15, 0.2) is 0 Å². The number of aliphatic carboxylic acids is 1. The van der Waals surface area contributed by atoms with E-state index >= 15 is 0 Å². The monoisotopic (exact) mass is 1570 g/mol. The van der Waals surface area contributed by atoms with Crippen LogP contribution in [0.25, 0.3) is 0 Å². The molecule has 0 spiro atoms.